The molecular formula is C22H32N2O5S. The molecule has 0 aromatic heterocycles. The smallest absolute Gasteiger partial charge is 0.243 e. The van der Waals surface area contributed by atoms with E-state index in [1.165, 1.54) is 4.31 Å². The second kappa shape index (κ2) is 8.48. The minimum absolute atomic E-state index is 0.129. The lowest BCUT2D eigenvalue weighted by Crippen LogP contribution is -2.56. The van der Waals surface area contributed by atoms with E-state index in [2.05, 4.69) is 0 Å². The molecule has 2 aliphatic heterocycles. The van der Waals surface area contributed by atoms with Gasteiger partial charge in [0.1, 0.15) is 5.75 Å². The van der Waals surface area contributed by atoms with Gasteiger partial charge in [-0.3, -0.25) is 4.79 Å². The maximum atomic E-state index is 13.1. The maximum absolute atomic E-state index is 13.1. The minimum atomic E-state index is -3.57. The molecule has 0 bridgehead atoms. The highest BCUT2D eigenvalue weighted by atomic mass is 32.2. The van der Waals surface area contributed by atoms with Gasteiger partial charge in [-0.2, -0.15) is 4.31 Å². The Morgan fingerprint density at radius 3 is 2.43 bits per heavy atom. The number of aliphatic hydroxyl groups is 1. The SMILES string of the molecule is COc1ccc(S(=O)(=O)N2CCC(C(=O)N3CC[C@@]4(O)CCCC[C@@H]4C3)CC2)cc1. The largest absolute Gasteiger partial charge is 0.497 e. The summed E-state index contributed by atoms with van der Waals surface area (Å²) in [6.45, 7) is 1.95. The first-order chi connectivity index (χ1) is 14.3. The lowest BCUT2D eigenvalue weighted by Gasteiger charge is -2.48. The second-order valence-electron chi connectivity index (χ2n) is 8.93. The predicted octanol–water partition coefficient (Wildman–Crippen LogP) is 2.25. The van der Waals surface area contributed by atoms with Crippen LogP contribution < -0.4 is 4.74 Å². The zero-order chi connectivity index (χ0) is 21.4. The van der Waals surface area contributed by atoms with Gasteiger partial charge in [0.25, 0.3) is 0 Å². The number of nitrogens with zero attached hydrogens (tertiary/aromatic N) is 2. The molecule has 1 amide bonds. The third kappa shape index (κ3) is 4.09. The number of hydrogen-bond donors (Lipinski definition) is 1. The molecule has 1 aromatic rings. The molecule has 3 fully saturated rings. The molecule has 1 saturated carbocycles. The summed E-state index contributed by atoms with van der Waals surface area (Å²) in [6, 6.07) is 6.41. The molecule has 2 heterocycles. The van der Waals surface area contributed by atoms with Crippen LogP contribution in [0.5, 0.6) is 5.75 Å². The molecule has 1 N–H and O–H groups in total. The zero-order valence-corrected chi connectivity index (χ0v) is 18.4. The Hall–Kier alpha value is -1.64. The summed E-state index contributed by atoms with van der Waals surface area (Å²) >= 11 is 0. The molecule has 2 saturated heterocycles. The number of carbonyl (C=O) groups is 1. The predicted molar refractivity (Wildman–Crippen MR) is 113 cm³/mol. The van der Waals surface area contributed by atoms with Crippen LogP contribution in [0, 0.1) is 11.8 Å². The molecule has 0 unspecified atom stereocenters. The number of benzene rings is 1. The van der Waals surface area contributed by atoms with Gasteiger partial charge in [0.05, 0.1) is 17.6 Å². The summed E-state index contributed by atoms with van der Waals surface area (Å²) < 4.78 is 32.4. The monoisotopic (exact) mass is 436 g/mol. The molecule has 0 radical (unpaired) electrons. The summed E-state index contributed by atoms with van der Waals surface area (Å²) in [5.41, 5.74) is -0.592. The molecular weight excluding hydrogens is 404 g/mol. The lowest BCUT2D eigenvalue weighted by atomic mass is 9.71. The molecule has 1 aromatic carbocycles. The number of fused-ring (bicyclic) bond motifs is 1. The number of ether oxygens (including phenoxy) is 1. The number of methoxy groups -OCH3 is 1. The number of hydrogen-bond acceptors (Lipinski definition) is 5. The summed E-state index contributed by atoms with van der Waals surface area (Å²) in [7, 11) is -2.02. The molecule has 7 nitrogen and oxygen atoms in total. The summed E-state index contributed by atoms with van der Waals surface area (Å²) in [5.74, 6) is 0.787. The molecule has 8 heteroatoms. The number of sulfonamides is 1. The van der Waals surface area contributed by atoms with Crippen LogP contribution in [0.3, 0.4) is 0 Å². The third-order valence-corrected chi connectivity index (χ3v) is 9.15. The second-order valence-corrected chi connectivity index (χ2v) is 10.9. The van der Waals surface area contributed by atoms with Crippen LogP contribution in [-0.2, 0) is 14.8 Å². The fraction of sp³-hybridized carbons (Fsp3) is 0.682. The van der Waals surface area contributed by atoms with E-state index in [1.807, 2.05) is 4.90 Å². The number of amides is 1. The van der Waals surface area contributed by atoms with Crippen molar-refractivity contribution < 1.29 is 23.1 Å². The fourth-order valence-electron chi connectivity index (χ4n) is 5.27. The normalized spacial score (nSPS) is 28.7. The molecule has 30 heavy (non-hydrogen) atoms. The van der Waals surface area contributed by atoms with E-state index in [9.17, 15) is 18.3 Å². The van der Waals surface area contributed by atoms with Gasteiger partial charge in [-0.25, -0.2) is 8.42 Å². The van der Waals surface area contributed by atoms with Crippen LogP contribution >= 0.6 is 0 Å². The molecule has 3 aliphatic rings. The van der Waals surface area contributed by atoms with Crippen LogP contribution in [0.1, 0.15) is 44.9 Å². The molecule has 166 valence electrons. The Morgan fingerprint density at radius 2 is 1.77 bits per heavy atom. The van der Waals surface area contributed by atoms with E-state index in [0.717, 1.165) is 25.7 Å². The zero-order valence-electron chi connectivity index (χ0n) is 17.6. The van der Waals surface area contributed by atoms with Crippen LogP contribution in [0.4, 0.5) is 0 Å². The van der Waals surface area contributed by atoms with Gasteiger partial charge >= 0.3 is 0 Å². The maximum Gasteiger partial charge on any atom is 0.243 e. The van der Waals surface area contributed by atoms with E-state index in [0.29, 0.717) is 51.2 Å². The first kappa shape index (κ1) is 21.6. The molecule has 2 atom stereocenters. The van der Waals surface area contributed by atoms with Gasteiger partial charge in [-0.15, -0.1) is 0 Å². The van der Waals surface area contributed by atoms with Crippen molar-refractivity contribution in [1.29, 1.82) is 0 Å². The van der Waals surface area contributed by atoms with Gasteiger partial charge in [0.15, 0.2) is 0 Å². The van der Waals surface area contributed by atoms with Crippen LogP contribution in [0.15, 0.2) is 29.2 Å². The van der Waals surface area contributed by atoms with Crippen molar-refractivity contribution in [1.82, 2.24) is 9.21 Å². The van der Waals surface area contributed by atoms with E-state index in [-0.39, 0.29) is 22.6 Å². The van der Waals surface area contributed by atoms with Gasteiger partial charge in [-0.05, 0) is 56.4 Å². The van der Waals surface area contributed by atoms with Crippen molar-refractivity contribution in [3.05, 3.63) is 24.3 Å². The highest BCUT2D eigenvalue weighted by molar-refractivity contribution is 7.89. The Balaban J connectivity index is 1.35. The van der Waals surface area contributed by atoms with Gasteiger partial charge in [0, 0.05) is 38.0 Å². The topological polar surface area (TPSA) is 87.2 Å². The Morgan fingerprint density at radius 1 is 1.07 bits per heavy atom. The summed E-state index contributed by atoms with van der Waals surface area (Å²) in [4.78, 5) is 15.3. The summed E-state index contributed by atoms with van der Waals surface area (Å²) in [6.07, 6.45) is 5.77. The first-order valence-electron chi connectivity index (χ1n) is 11.0. The average molecular weight is 437 g/mol. The van der Waals surface area contributed by atoms with Crippen molar-refractivity contribution in [3.8, 4) is 5.75 Å². The standard InChI is InChI=1S/C22H32N2O5S/c1-29-19-5-7-20(8-6-19)30(27,28)24-13-9-17(10-14-24)21(25)23-15-12-22(26)11-3-2-4-18(22)16-23/h5-8,17-18,26H,2-4,9-16H2,1H3/t18-,22+/m1/s1. The third-order valence-electron chi connectivity index (χ3n) is 7.24. The van der Waals surface area contributed by atoms with Crippen LogP contribution in [0.2, 0.25) is 0 Å². The van der Waals surface area contributed by atoms with Crippen molar-refractivity contribution in [2.75, 3.05) is 33.3 Å². The van der Waals surface area contributed by atoms with Crippen molar-refractivity contribution >= 4 is 15.9 Å². The Bertz CT molecular complexity index is 864. The number of piperidine rings is 2. The number of likely N-dealkylation sites (tertiary alicyclic amines) is 1. The minimum Gasteiger partial charge on any atom is -0.497 e. The van der Waals surface area contributed by atoms with Crippen molar-refractivity contribution in [2.24, 2.45) is 11.8 Å². The Kier molecular flexibility index (Phi) is 6.10. The van der Waals surface area contributed by atoms with Crippen LogP contribution in [-0.4, -0.2) is 67.5 Å². The molecule has 1 aliphatic carbocycles. The lowest BCUT2D eigenvalue weighted by molar-refractivity contribution is -0.148. The van der Waals surface area contributed by atoms with E-state index < -0.39 is 15.6 Å². The van der Waals surface area contributed by atoms with Gasteiger partial charge < -0.3 is 14.7 Å². The highest BCUT2D eigenvalue weighted by Gasteiger charge is 2.45. The quantitative estimate of drug-likeness (QED) is 0.782. The van der Waals surface area contributed by atoms with Gasteiger partial charge in [0.2, 0.25) is 15.9 Å². The average Bonchev–Trinajstić information content (AvgIpc) is 2.78. The first-order valence-corrected chi connectivity index (χ1v) is 12.4. The summed E-state index contributed by atoms with van der Waals surface area (Å²) in [5, 5.41) is 10.8. The van der Waals surface area contributed by atoms with E-state index in [1.54, 1.807) is 31.4 Å². The van der Waals surface area contributed by atoms with Crippen molar-refractivity contribution in [3.63, 3.8) is 0 Å². The molecule has 4 rings (SSSR count). The van der Waals surface area contributed by atoms with E-state index in [4.69, 9.17) is 4.74 Å². The van der Waals surface area contributed by atoms with Crippen molar-refractivity contribution in [2.45, 2.75) is 55.4 Å². The molecule has 0 spiro atoms. The number of rotatable bonds is 4. The fourth-order valence-corrected chi connectivity index (χ4v) is 6.74. The van der Waals surface area contributed by atoms with Crippen LogP contribution in [0.25, 0.3) is 0 Å². The number of carbonyl (C=O) groups excluding carboxylic acids is 1. The van der Waals surface area contributed by atoms with E-state index >= 15 is 0 Å². The Labute approximate surface area is 179 Å². The van der Waals surface area contributed by atoms with Gasteiger partial charge in [-0.1, -0.05) is 12.8 Å². The highest BCUT2D eigenvalue weighted by Crippen LogP contribution is 2.40.